The highest BCUT2D eigenvalue weighted by atomic mass is 35.5. The number of rotatable bonds is 5. The molecule has 114 valence electrons. The second-order valence-corrected chi connectivity index (χ2v) is 5.09. The molecular weight excluding hydrogens is 298 g/mol. The molecule has 1 aromatic rings. The monoisotopic (exact) mass is 313 g/mol. The third kappa shape index (κ3) is 4.25. The van der Waals surface area contributed by atoms with E-state index in [1.165, 1.54) is 0 Å². The number of amides is 1. The number of hydrogen-bond acceptors (Lipinski definition) is 6. The number of nitro groups is 1. The van der Waals surface area contributed by atoms with Crippen LogP contribution in [-0.4, -0.2) is 45.3 Å². The Balaban J connectivity index is 1.89. The van der Waals surface area contributed by atoms with Crippen LogP contribution in [0, 0.1) is 10.1 Å². The van der Waals surface area contributed by atoms with Crippen molar-refractivity contribution >= 4 is 29.0 Å². The molecule has 8 nitrogen and oxygen atoms in total. The van der Waals surface area contributed by atoms with Gasteiger partial charge in [0, 0.05) is 26.1 Å². The minimum atomic E-state index is -0.592. The van der Waals surface area contributed by atoms with Gasteiger partial charge >= 0.3 is 5.69 Å². The highest BCUT2D eigenvalue weighted by molar-refractivity contribution is 6.28. The highest BCUT2D eigenvalue weighted by Gasteiger charge is 2.19. The van der Waals surface area contributed by atoms with E-state index in [9.17, 15) is 14.9 Å². The van der Waals surface area contributed by atoms with E-state index in [1.807, 2.05) is 4.90 Å². The molecule has 1 fully saturated rings. The van der Waals surface area contributed by atoms with Crippen molar-refractivity contribution in [3.8, 4) is 0 Å². The number of hydrogen-bond donors (Lipinski definition) is 1. The van der Waals surface area contributed by atoms with Crippen molar-refractivity contribution in [1.29, 1.82) is 0 Å². The summed E-state index contributed by atoms with van der Waals surface area (Å²) in [6.45, 7) is 1.85. The zero-order chi connectivity index (χ0) is 15.2. The maximum Gasteiger partial charge on any atom is 0.329 e. The van der Waals surface area contributed by atoms with Gasteiger partial charge in [-0.15, -0.1) is 0 Å². The van der Waals surface area contributed by atoms with Crippen LogP contribution in [-0.2, 0) is 4.79 Å². The Hall–Kier alpha value is -1.96. The fourth-order valence-corrected chi connectivity index (χ4v) is 2.34. The molecule has 1 aromatic heterocycles. The molecule has 1 N–H and O–H groups in total. The van der Waals surface area contributed by atoms with Gasteiger partial charge in [0.25, 0.3) is 0 Å². The lowest BCUT2D eigenvalue weighted by molar-refractivity contribution is -0.384. The quantitative estimate of drug-likeness (QED) is 0.505. The van der Waals surface area contributed by atoms with Crippen LogP contribution in [0.4, 0.5) is 11.5 Å². The first-order chi connectivity index (χ1) is 10.1. The maximum absolute atomic E-state index is 12.0. The zero-order valence-corrected chi connectivity index (χ0v) is 12.2. The van der Waals surface area contributed by atoms with Gasteiger partial charge in [0.1, 0.15) is 6.20 Å². The molecular formula is C12H16ClN5O3. The molecule has 1 aliphatic rings. The number of anilines is 1. The third-order valence-electron chi connectivity index (χ3n) is 3.28. The average molecular weight is 314 g/mol. The van der Waals surface area contributed by atoms with Gasteiger partial charge in [0.2, 0.25) is 17.0 Å². The topological polar surface area (TPSA) is 101 Å². The Bertz CT molecular complexity index is 534. The lowest BCUT2D eigenvalue weighted by atomic mass is 10.1. The molecule has 0 aromatic carbocycles. The summed E-state index contributed by atoms with van der Waals surface area (Å²) in [5.41, 5.74) is -0.259. The molecule has 9 heteroatoms. The Kier molecular flexibility index (Phi) is 5.26. The Labute approximate surface area is 126 Å². The second-order valence-electron chi connectivity index (χ2n) is 4.75. The van der Waals surface area contributed by atoms with Gasteiger partial charge in [-0.1, -0.05) is 0 Å². The molecule has 1 amide bonds. The van der Waals surface area contributed by atoms with Crippen molar-refractivity contribution in [2.24, 2.45) is 0 Å². The van der Waals surface area contributed by atoms with Gasteiger partial charge in [-0.05, 0) is 30.9 Å². The first-order valence-corrected chi connectivity index (χ1v) is 7.14. The van der Waals surface area contributed by atoms with Crippen molar-refractivity contribution in [3.05, 3.63) is 21.6 Å². The standard InChI is InChI=1S/C12H16ClN5O3/c13-12-15-8-9(18(20)21)11(16-12)14-5-4-10(19)17-6-2-1-3-7-17/h8H,1-7H2,(H,14,15,16). The van der Waals surface area contributed by atoms with Gasteiger partial charge in [0.05, 0.1) is 4.92 Å². The molecule has 1 aliphatic heterocycles. The highest BCUT2D eigenvalue weighted by Crippen LogP contribution is 2.21. The van der Waals surface area contributed by atoms with Gasteiger partial charge in [-0.3, -0.25) is 14.9 Å². The first kappa shape index (κ1) is 15.4. The summed E-state index contributed by atoms with van der Waals surface area (Å²) in [6, 6.07) is 0. The van der Waals surface area contributed by atoms with Crippen molar-refractivity contribution in [3.63, 3.8) is 0 Å². The average Bonchev–Trinajstić information content (AvgIpc) is 2.48. The van der Waals surface area contributed by atoms with Crippen molar-refractivity contribution in [1.82, 2.24) is 14.9 Å². The SMILES string of the molecule is O=C(CCNc1nc(Cl)ncc1[N+](=O)[O-])N1CCCCC1. The van der Waals surface area contributed by atoms with Gasteiger partial charge in [-0.25, -0.2) is 4.98 Å². The van der Waals surface area contributed by atoms with Crippen LogP contribution in [0.5, 0.6) is 0 Å². The predicted octanol–water partition coefficient (Wildman–Crippen LogP) is 1.85. The Morgan fingerprint density at radius 3 is 2.81 bits per heavy atom. The van der Waals surface area contributed by atoms with Crippen molar-refractivity contribution < 1.29 is 9.72 Å². The number of nitrogens with zero attached hydrogens (tertiary/aromatic N) is 4. The maximum atomic E-state index is 12.0. The van der Waals surface area contributed by atoms with Crippen molar-refractivity contribution in [2.75, 3.05) is 25.0 Å². The number of carbonyl (C=O) groups is 1. The number of halogens is 1. The first-order valence-electron chi connectivity index (χ1n) is 6.76. The Morgan fingerprint density at radius 1 is 1.43 bits per heavy atom. The van der Waals surface area contributed by atoms with Crippen molar-refractivity contribution in [2.45, 2.75) is 25.7 Å². The van der Waals surface area contributed by atoms with Crippen LogP contribution < -0.4 is 5.32 Å². The van der Waals surface area contributed by atoms with Gasteiger partial charge in [0.15, 0.2) is 0 Å². The summed E-state index contributed by atoms with van der Waals surface area (Å²) < 4.78 is 0. The normalized spacial score (nSPS) is 14.8. The molecule has 0 radical (unpaired) electrons. The van der Waals surface area contributed by atoms with Gasteiger partial charge < -0.3 is 10.2 Å². The number of likely N-dealkylation sites (tertiary alicyclic amines) is 1. The lowest BCUT2D eigenvalue weighted by Gasteiger charge is -2.26. The minimum absolute atomic E-state index is 0.0337. The van der Waals surface area contributed by atoms with E-state index >= 15 is 0 Å². The summed E-state index contributed by atoms with van der Waals surface area (Å²) in [6.07, 6.45) is 4.54. The third-order valence-corrected chi connectivity index (χ3v) is 3.46. The number of carbonyl (C=O) groups excluding carboxylic acids is 1. The summed E-state index contributed by atoms with van der Waals surface area (Å²) in [4.78, 5) is 31.4. The fraction of sp³-hybridized carbons (Fsp3) is 0.583. The Morgan fingerprint density at radius 2 is 2.14 bits per heavy atom. The molecule has 0 atom stereocenters. The van der Waals surface area contributed by atoms with E-state index in [1.54, 1.807) is 0 Å². The summed E-state index contributed by atoms with van der Waals surface area (Å²) in [7, 11) is 0. The van der Waals surface area contributed by atoms with Crippen LogP contribution in [0.2, 0.25) is 5.28 Å². The van der Waals surface area contributed by atoms with Crippen LogP contribution in [0.25, 0.3) is 0 Å². The van der Waals surface area contributed by atoms with E-state index < -0.39 is 4.92 Å². The van der Waals surface area contributed by atoms with E-state index in [0.29, 0.717) is 0 Å². The minimum Gasteiger partial charge on any atom is -0.364 e. The van der Waals surface area contributed by atoms with E-state index in [4.69, 9.17) is 11.6 Å². The van der Waals surface area contributed by atoms with Crippen LogP contribution >= 0.6 is 11.6 Å². The molecule has 0 unspecified atom stereocenters. The lowest BCUT2D eigenvalue weighted by Crippen LogP contribution is -2.36. The smallest absolute Gasteiger partial charge is 0.329 e. The van der Waals surface area contributed by atoms with Crippen LogP contribution in [0.1, 0.15) is 25.7 Å². The molecule has 0 saturated carbocycles. The molecule has 0 spiro atoms. The summed E-state index contributed by atoms with van der Waals surface area (Å²) in [5.74, 6) is 0.0800. The summed E-state index contributed by atoms with van der Waals surface area (Å²) in [5, 5.41) is 13.5. The molecule has 0 bridgehead atoms. The van der Waals surface area contributed by atoms with Crippen LogP contribution in [0.3, 0.4) is 0 Å². The van der Waals surface area contributed by atoms with Crippen LogP contribution in [0.15, 0.2) is 6.20 Å². The number of aromatic nitrogens is 2. The van der Waals surface area contributed by atoms with E-state index in [2.05, 4.69) is 15.3 Å². The molecule has 21 heavy (non-hydrogen) atoms. The van der Waals surface area contributed by atoms with Gasteiger partial charge in [-0.2, -0.15) is 4.98 Å². The molecule has 1 saturated heterocycles. The van der Waals surface area contributed by atoms with E-state index in [-0.39, 0.29) is 35.7 Å². The largest absolute Gasteiger partial charge is 0.364 e. The predicted molar refractivity (Wildman–Crippen MR) is 77.2 cm³/mol. The fourth-order valence-electron chi connectivity index (χ4n) is 2.21. The molecule has 0 aliphatic carbocycles. The number of nitrogens with one attached hydrogen (secondary N) is 1. The number of piperidine rings is 1. The summed E-state index contributed by atoms with van der Waals surface area (Å²) >= 11 is 5.62. The molecule has 2 rings (SSSR count). The second kappa shape index (κ2) is 7.16. The van der Waals surface area contributed by atoms with E-state index in [0.717, 1.165) is 38.5 Å². The zero-order valence-electron chi connectivity index (χ0n) is 11.4. The molecule has 2 heterocycles.